The molecule has 32 heavy (non-hydrogen) atoms. The first-order valence-electron chi connectivity index (χ1n) is 10.9. The van der Waals surface area contributed by atoms with E-state index in [-0.39, 0.29) is 17.9 Å². The Morgan fingerprint density at radius 3 is 2.00 bits per heavy atom. The number of ether oxygens (including phenoxy) is 2. The van der Waals surface area contributed by atoms with Gasteiger partial charge in [-0.25, -0.2) is 0 Å². The van der Waals surface area contributed by atoms with E-state index in [1.807, 2.05) is 43.0 Å². The molecular weight excluding hydrogens is 406 g/mol. The second-order valence-electron chi connectivity index (χ2n) is 8.18. The summed E-state index contributed by atoms with van der Waals surface area (Å²) >= 11 is 0. The summed E-state index contributed by atoms with van der Waals surface area (Å²) in [6.07, 6.45) is 0. The molecule has 0 N–H and O–H groups in total. The number of anilines is 1. The zero-order valence-corrected chi connectivity index (χ0v) is 19.0. The van der Waals surface area contributed by atoms with Gasteiger partial charge in [-0.05, 0) is 43.7 Å². The lowest BCUT2D eigenvalue weighted by Crippen LogP contribution is -2.48. The van der Waals surface area contributed by atoms with Gasteiger partial charge in [0.25, 0.3) is 11.8 Å². The van der Waals surface area contributed by atoms with Crippen molar-refractivity contribution in [1.82, 2.24) is 9.80 Å². The highest BCUT2D eigenvalue weighted by atomic mass is 16.5. The minimum atomic E-state index is -0.266. The summed E-state index contributed by atoms with van der Waals surface area (Å²) in [6.45, 7) is 6.58. The van der Waals surface area contributed by atoms with Crippen LogP contribution in [0.15, 0.2) is 54.2 Å². The number of methoxy groups -OCH3 is 2. The molecule has 2 amide bonds. The number of hydrogen-bond acceptors (Lipinski definition) is 6. The zero-order valence-electron chi connectivity index (χ0n) is 19.0. The van der Waals surface area contributed by atoms with Crippen LogP contribution in [-0.2, 0) is 9.59 Å². The summed E-state index contributed by atoms with van der Waals surface area (Å²) in [5.74, 6) is 0.599. The molecular formula is C25H29N3O4. The smallest absolute Gasteiger partial charge is 0.278 e. The third-order valence-electron chi connectivity index (χ3n) is 6.00. The van der Waals surface area contributed by atoms with E-state index in [1.54, 1.807) is 26.4 Å². The molecule has 0 bridgehead atoms. The number of imide groups is 1. The van der Waals surface area contributed by atoms with E-state index in [4.69, 9.17) is 9.47 Å². The molecule has 2 aliphatic rings. The lowest BCUT2D eigenvalue weighted by molar-refractivity contribution is -0.139. The summed E-state index contributed by atoms with van der Waals surface area (Å²) in [5.41, 5.74) is 2.73. The van der Waals surface area contributed by atoms with Crippen LogP contribution in [0.4, 0.5) is 5.69 Å². The van der Waals surface area contributed by atoms with Crippen LogP contribution in [0.2, 0.25) is 0 Å². The quantitative estimate of drug-likeness (QED) is 0.650. The molecule has 0 unspecified atom stereocenters. The van der Waals surface area contributed by atoms with E-state index in [9.17, 15) is 9.59 Å². The van der Waals surface area contributed by atoms with Crippen molar-refractivity contribution in [3.05, 3.63) is 59.8 Å². The third kappa shape index (κ3) is 3.79. The van der Waals surface area contributed by atoms with E-state index >= 15 is 0 Å². The minimum absolute atomic E-state index is 0.228. The fraction of sp³-hybridized carbons (Fsp3) is 0.360. The van der Waals surface area contributed by atoms with Crippen molar-refractivity contribution in [2.24, 2.45) is 0 Å². The number of carbonyl (C=O) groups is 2. The molecule has 0 saturated carbocycles. The van der Waals surface area contributed by atoms with E-state index in [0.29, 0.717) is 41.4 Å². The van der Waals surface area contributed by atoms with Gasteiger partial charge in [-0.3, -0.25) is 14.5 Å². The van der Waals surface area contributed by atoms with E-state index in [2.05, 4.69) is 17.0 Å². The minimum Gasteiger partial charge on any atom is -0.493 e. The average molecular weight is 436 g/mol. The van der Waals surface area contributed by atoms with Crippen molar-refractivity contribution in [2.45, 2.75) is 19.9 Å². The highest BCUT2D eigenvalue weighted by molar-refractivity contribution is 6.35. The molecule has 0 aromatic heterocycles. The van der Waals surface area contributed by atoms with Crippen molar-refractivity contribution >= 4 is 23.1 Å². The van der Waals surface area contributed by atoms with E-state index in [1.165, 1.54) is 10.6 Å². The zero-order chi connectivity index (χ0) is 22.8. The molecule has 4 rings (SSSR count). The predicted molar refractivity (Wildman–Crippen MR) is 124 cm³/mol. The van der Waals surface area contributed by atoms with Gasteiger partial charge < -0.3 is 19.3 Å². The molecule has 2 aromatic rings. The van der Waals surface area contributed by atoms with E-state index < -0.39 is 0 Å². The van der Waals surface area contributed by atoms with Gasteiger partial charge in [0, 0.05) is 37.9 Å². The Balaban J connectivity index is 1.70. The van der Waals surface area contributed by atoms with Gasteiger partial charge in [0.15, 0.2) is 11.5 Å². The first-order valence-corrected chi connectivity index (χ1v) is 10.9. The van der Waals surface area contributed by atoms with Crippen molar-refractivity contribution in [2.75, 3.05) is 45.3 Å². The van der Waals surface area contributed by atoms with Crippen LogP contribution in [0, 0.1) is 0 Å². The average Bonchev–Trinajstić information content (AvgIpc) is 3.09. The lowest BCUT2D eigenvalue weighted by Gasteiger charge is -2.37. The van der Waals surface area contributed by atoms with Gasteiger partial charge in [0.1, 0.15) is 5.70 Å². The third-order valence-corrected chi connectivity index (χ3v) is 6.00. The van der Waals surface area contributed by atoms with Gasteiger partial charge in [0.2, 0.25) is 0 Å². The number of nitrogens with zero attached hydrogens (tertiary/aromatic N) is 3. The van der Waals surface area contributed by atoms with Gasteiger partial charge in [-0.1, -0.05) is 24.3 Å². The van der Waals surface area contributed by atoms with Crippen molar-refractivity contribution in [3.8, 4) is 11.5 Å². The summed E-state index contributed by atoms with van der Waals surface area (Å²) < 4.78 is 10.8. The number of benzene rings is 2. The fourth-order valence-electron chi connectivity index (χ4n) is 4.38. The van der Waals surface area contributed by atoms with Crippen LogP contribution < -0.4 is 14.4 Å². The van der Waals surface area contributed by atoms with Gasteiger partial charge >= 0.3 is 0 Å². The fourth-order valence-corrected chi connectivity index (χ4v) is 4.38. The highest BCUT2D eigenvalue weighted by Gasteiger charge is 2.43. The van der Waals surface area contributed by atoms with E-state index in [0.717, 1.165) is 13.1 Å². The van der Waals surface area contributed by atoms with Crippen molar-refractivity contribution in [1.29, 1.82) is 0 Å². The first kappa shape index (κ1) is 21.7. The van der Waals surface area contributed by atoms with Crippen LogP contribution in [0.25, 0.3) is 5.57 Å². The molecule has 2 aliphatic heterocycles. The molecule has 2 aromatic carbocycles. The van der Waals surface area contributed by atoms with Crippen LogP contribution in [-0.4, -0.2) is 68.1 Å². The number of hydrogen-bond donors (Lipinski definition) is 0. The number of piperazine rings is 1. The summed E-state index contributed by atoms with van der Waals surface area (Å²) in [6, 6.07) is 15.4. The van der Waals surface area contributed by atoms with Gasteiger partial charge in [-0.15, -0.1) is 0 Å². The molecule has 2 heterocycles. The lowest BCUT2D eigenvalue weighted by atomic mass is 10.0. The maximum Gasteiger partial charge on any atom is 0.278 e. The molecule has 0 aliphatic carbocycles. The number of amides is 2. The number of rotatable bonds is 6. The molecule has 1 saturated heterocycles. The Kier molecular flexibility index (Phi) is 6.08. The standard InChI is InChI=1S/C25H29N3O4/c1-17(2)28-24(29)22(18-10-11-20(31-3)21(16-18)32-4)23(25(28)30)27-14-12-26(13-15-27)19-8-6-5-7-9-19/h5-11,16-17H,12-15H2,1-4H3. The van der Waals surface area contributed by atoms with Crippen LogP contribution >= 0.6 is 0 Å². The first-order chi connectivity index (χ1) is 15.5. The Labute approximate surface area is 188 Å². The second kappa shape index (κ2) is 8.94. The largest absolute Gasteiger partial charge is 0.493 e. The van der Waals surface area contributed by atoms with Crippen LogP contribution in [0.1, 0.15) is 19.4 Å². The molecule has 1 fully saturated rings. The Bertz CT molecular complexity index is 1040. The Morgan fingerprint density at radius 2 is 1.41 bits per heavy atom. The SMILES string of the molecule is COc1ccc(C2=C(N3CCN(c4ccccc4)CC3)C(=O)N(C(C)C)C2=O)cc1OC. The topological polar surface area (TPSA) is 62.3 Å². The molecule has 0 atom stereocenters. The van der Waals surface area contributed by atoms with Crippen molar-refractivity contribution < 1.29 is 19.1 Å². The maximum atomic E-state index is 13.4. The number of para-hydroxylation sites is 1. The highest BCUT2D eigenvalue weighted by Crippen LogP contribution is 2.37. The predicted octanol–water partition coefficient (Wildman–Crippen LogP) is 3.01. The van der Waals surface area contributed by atoms with Crippen LogP contribution in [0.5, 0.6) is 11.5 Å². The second-order valence-corrected chi connectivity index (χ2v) is 8.18. The van der Waals surface area contributed by atoms with Gasteiger partial charge in [-0.2, -0.15) is 0 Å². The summed E-state index contributed by atoms with van der Waals surface area (Å²) in [5, 5.41) is 0. The Hall–Kier alpha value is -3.48. The molecule has 7 nitrogen and oxygen atoms in total. The molecule has 0 spiro atoms. The molecule has 7 heteroatoms. The Morgan fingerprint density at radius 1 is 0.781 bits per heavy atom. The monoisotopic (exact) mass is 435 g/mol. The summed E-state index contributed by atoms with van der Waals surface area (Å²) in [4.78, 5) is 32.5. The molecule has 0 radical (unpaired) electrons. The molecule has 168 valence electrons. The summed E-state index contributed by atoms with van der Waals surface area (Å²) in [7, 11) is 3.13. The van der Waals surface area contributed by atoms with Crippen LogP contribution in [0.3, 0.4) is 0 Å². The van der Waals surface area contributed by atoms with Gasteiger partial charge in [0.05, 0.1) is 19.8 Å². The van der Waals surface area contributed by atoms with Crippen molar-refractivity contribution in [3.63, 3.8) is 0 Å². The normalized spacial score (nSPS) is 17.0. The number of carbonyl (C=O) groups excluding carboxylic acids is 2. The maximum absolute atomic E-state index is 13.4.